The van der Waals surface area contributed by atoms with Gasteiger partial charge in [-0.05, 0) is 52.3 Å². The van der Waals surface area contributed by atoms with Crippen LogP contribution in [0.3, 0.4) is 0 Å². The van der Waals surface area contributed by atoms with Crippen molar-refractivity contribution in [3.05, 3.63) is 51.5 Å². The van der Waals surface area contributed by atoms with Crippen molar-refractivity contribution < 1.29 is 9.90 Å². The number of aromatic hydroxyl groups is 1. The van der Waals surface area contributed by atoms with E-state index < -0.39 is 5.91 Å². The lowest BCUT2D eigenvalue weighted by Gasteiger charge is -2.09. The van der Waals surface area contributed by atoms with Gasteiger partial charge < -0.3 is 16.2 Å². The highest BCUT2D eigenvalue weighted by molar-refractivity contribution is 9.10. The molecule has 4 N–H and O–H groups in total. The Kier molecular flexibility index (Phi) is 3.97. The molecule has 2 aromatic carbocycles. The van der Waals surface area contributed by atoms with Crippen LogP contribution in [0.2, 0.25) is 5.02 Å². The number of phenolic OH excluding ortho intramolecular Hbond substituents is 1. The van der Waals surface area contributed by atoms with E-state index in [-0.39, 0.29) is 11.3 Å². The first-order valence-corrected chi connectivity index (χ1v) is 6.49. The van der Waals surface area contributed by atoms with Crippen molar-refractivity contribution >= 4 is 44.8 Å². The number of anilines is 2. The van der Waals surface area contributed by atoms with Gasteiger partial charge in [0.1, 0.15) is 5.75 Å². The number of nitrogens with one attached hydrogen (secondary N) is 1. The Morgan fingerprint density at radius 2 is 2.00 bits per heavy atom. The summed E-state index contributed by atoms with van der Waals surface area (Å²) in [7, 11) is 0. The van der Waals surface area contributed by atoms with Gasteiger partial charge in [-0.2, -0.15) is 0 Å². The second kappa shape index (κ2) is 5.50. The zero-order valence-electron chi connectivity index (χ0n) is 9.65. The molecule has 2 aromatic rings. The van der Waals surface area contributed by atoms with Gasteiger partial charge in [-0.3, -0.25) is 4.79 Å². The Morgan fingerprint density at radius 3 is 2.68 bits per heavy atom. The number of halogens is 2. The van der Waals surface area contributed by atoms with E-state index in [0.717, 1.165) is 0 Å². The maximum Gasteiger partial charge on any atom is 0.259 e. The van der Waals surface area contributed by atoms with Gasteiger partial charge in [-0.15, -0.1) is 0 Å². The molecular formula is C13H10BrClN2O2. The van der Waals surface area contributed by atoms with Crippen LogP contribution in [0.1, 0.15) is 10.4 Å². The number of rotatable bonds is 2. The van der Waals surface area contributed by atoms with Crippen LogP contribution < -0.4 is 11.1 Å². The molecule has 0 atom stereocenters. The number of phenols is 1. The average Bonchev–Trinajstić information content (AvgIpc) is 2.33. The predicted octanol–water partition coefficient (Wildman–Crippen LogP) is 3.64. The highest BCUT2D eigenvalue weighted by Gasteiger charge is 2.13. The van der Waals surface area contributed by atoms with E-state index in [0.29, 0.717) is 20.9 Å². The molecule has 1 amide bonds. The van der Waals surface area contributed by atoms with Crippen molar-refractivity contribution in [2.24, 2.45) is 0 Å². The second-order valence-electron chi connectivity index (χ2n) is 3.85. The first kappa shape index (κ1) is 13.7. The summed E-state index contributed by atoms with van der Waals surface area (Å²) < 4.78 is 0.698. The summed E-state index contributed by atoms with van der Waals surface area (Å²) in [5.74, 6) is -0.620. The van der Waals surface area contributed by atoms with Crippen LogP contribution in [-0.2, 0) is 0 Å². The third kappa shape index (κ3) is 3.19. The Balaban J connectivity index is 2.28. The first-order chi connectivity index (χ1) is 8.97. The molecule has 0 aromatic heterocycles. The van der Waals surface area contributed by atoms with Gasteiger partial charge in [0.2, 0.25) is 0 Å². The van der Waals surface area contributed by atoms with Crippen molar-refractivity contribution in [2.45, 2.75) is 0 Å². The second-order valence-corrected chi connectivity index (χ2v) is 5.15. The van der Waals surface area contributed by atoms with Crippen molar-refractivity contribution in [2.75, 3.05) is 11.1 Å². The standard InChI is InChI=1S/C13H10BrClN2O2/c14-10-4-2-8(16)6-11(10)17-13(19)9-3-1-7(15)5-12(9)18/h1-6,18H,16H2,(H,17,19). The first-order valence-electron chi connectivity index (χ1n) is 5.32. The van der Waals surface area contributed by atoms with Gasteiger partial charge in [0.15, 0.2) is 0 Å². The van der Waals surface area contributed by atoms with Crippen LogP contribution in [0.5, 0.6) is 5.75 Å². The minimum Gasteiger partial charge on any atom is -0.507 e. The molecular weight excluding hydrogens is 332 g/mol. The molecule has 0 heterocycles. The summed E-state index contributed by atoms with van der Waals surface area (Å²) in [5.41, 5.74) is 6.84. The Morgan fingerprint density at radius 1 is 1.26 bits per heavy atom. The van der Waals surface area contributed by atoms with Gasteiger partial charge >= 0.3 is 0 Å². The quantitative estimate of drug-likeness (QED) is 0.730. The zero-order chi connectivity index (χ0) is 14.0. The summed E-state index contributed by atoms with van der Waals surface area (Å²) >= 11 is 9.02. The van der Waals surface area contributed by atoms with Crippen LogP contribution in [0.25, 0.3) is 0 Å². The summed E-state index contributed by atoms with van der Waals surface area (Å²) in [6.07, 6.45) is 0. The van der Waals surface area contributed by atoms with E-state index in [1.165, 1.54) is 18.2 Å². The molecule has 0 aliphatic rings. The van der Waals surface area contributed by atoms with Crippen molar-refractivity contribution in [3.63, 3.8) is 0 Å². The zero-order valence-corrected chi connectivity index (χ0v) is 12.0. The van der Waals surface area contributed by atoms with Crippen LogP contribution >= 0.6 is 27.5 Å². The fraction of sp³-hybridized carbons (Fsp3) is 0. The number of carbonyl (C=O) groups excluding carboxylic acids is 1. The lowest BCUT2D eigenvalue weighted by atomic mass is 10.2. The summed E-state index contributed by atoms with van der Waals surface area (Å²) in [6.45, 7) is 0. The molecule has 0 bridgehead atoms. The van der Waals surface area contributed by atoms with E-state index in [1.54, 1.807) is 18.2 Å². The number of hydrogen-bond donors (Lipinski definition) is 3. The van der Waals surface area contributed by atoms with E-state index in [4.69, 9.17) is 17.3 Å². The predicted molar refractivity (Wildman–Crippen MR) is 79.6 cm³/mol. The van der Waals surface area contributed by atoms with Gasteiger partial charge in [0.05, 0.1) is 11.3 Å². The third-order valence-corrected chi connectivity index (χ3v) is 3.37. The van der Waals surface area contributed by atoms with E-state index in [2.05, 4.69) is 21.2 Å². The van der Waals surface area contributed by atoms with E-state index in [9.17, 15) is 9.90 Å². The number of nitrogen functional groups attached to an aromatic ring is 1. The van der Waals surface area contributed by atoms with E-state index >= 15 is 0 Å². The number of amides is 1. The smallest absolute Gasteiger partial charge is 0.259 e. The number of benzene rings is 2. The Bertz CT molecular complexity index is 647. The molecule has 98 valence electrons. The molecule has 0 spiro atoms. The van der Waals surface area contributed by atoms with Crippen molar-refractivity contribution in [1.82, 2.24) is 0 Å². The minimum atomic E-state index is -0.444. The van der Waals surface area contributed by atoms with Gasteiger partial charge in [-0.1, -0.05) is 11.6 Å². The average molecular weight is 342 g/mol. The van der Waals surface area contributed by atoms with Crippen LogP contribution in [0.15, 0.2) is 40.9 Å². The molecule has 6 heteroatoms. The molecule has 0 saturated carbocycles. The highest BCUT2D eigenvalue weighted by Crippen LogP contribution is 2.27. The molecule has 0 aliphatic carbocycles. The maximum atomic E-state index is 12.0. The van der Waals surface area contributed by atoms with E-state index in [1.807, 2.05) is 0 Å². The topological polar surface area (TPSA) is 75.3 Å². The summed E-state index contributed by atoms with van der Waals surface area (Å²) in [5, 5.41) is 12.7. The van der Waals surface area contributed by atoms with Gasteiger partial charge in [0, 0.05) is 15.2 Å². The third-order valence-electron chi connectivity index (χ3n) is 2.44. The van der Waals surface area contributed by atoms with Crippen LogP contribution in [0.4, 0.5) is 11.4 Å². The molecule has 4 nitrogen and oxygen atoms in total. The Hall–Kier alpha value is -1.72. The van der Waals surface area contributed by atoms with Gasteiger partial charge in [0.25, 0.3) is 5.91 Å². The SMILES string of the molecule is Nc1ccc(Br)c(NC(=O)c2ccc(Cl)cc2O)c1. The number of hydrogen-bond acceptors (Lipinski definition) is 3. The normalized spacial score (nSPS) is 10.2. The fourth-order valence-electron chi connectivity index (χ4n) is 1.53. The lowest BCUT2D eigenvalue weighted by molar-refractivity contribution is 0.102. The van der Waals surface area contributed by atoms with Crippen LogP contribution in [-0.4, -0.2) is 11.0 Å². The van der Waals surface area contributed by atoms with Gasteiger partial charge in [-0.25, -0.2) is 0 Å². The largest absolute Gasteiger partial charge is 0.507 e. The monoisotopic (exact) mass is 340 g/mol. The number of carbonyl (C=O) groups is 1. The van der Waals surface area contributed by atoms with Crippen LogP contribution in [0, 0.1) is 0 Å². The maximum absolute atomic E-state index is 12.0. The molecule has 0 aliphatic heterocycles. The molecule has 0 unspecified atom stereocenters. The molecule has 2 rings (SSSR count). The fourth-order valence-corrected chi connectivity index (χ4v) is 2.04. The minimum absolute atomic E-state index is 0.138. The molecule has 0 saturated heterocycles. The number of nitrogens with two attached hydrogens (primary N) is 1. The molecule has 19 heavy (non-hydrogen) atoms. The van der Waals surface area contributed by atoms with Crippen molar-refractivity contribution in [1.29, 1.82) is 0 Å². The summed E-state index contributed by atoms with van der Waals surface area (Å²) in [6, 6.07) is 9.35. The lowest BCUT2D eigenvalue weighted by Crippen LogP contribution is -2.12. The highest BCUT2D eigenvalue weighted by atomic mass is 79.9. The molecule has 0 radical (unpaired) electrons. The Labute approximate surface area is 123 Å². The summed E-state index contributed by atoms with van der Waals surface area (Å²) in [4.78, 5) is 12.0. The van der Waals surface area contributed by atoms with Crippen molar-refractivity contribution in [3.8, 4) is 5.75 Å². The molecule has 0 fully saturated rings.